The molecule has 6 nitrogen and oxygen atoms in total. The van der Waals surface area contributed by atoms with Gasteiger partial charge in [-0.1, -0.05) is 0 Å². The molecule has 144 valence electrons. The van der Waals surface area contributed by atoms with Crippen LogP contribution in [-0.2, 0) is 24.4 Å². The summed E-state index contributed by atoms with van der Waals surface area (Å²) < 4.78 is 35.3. The summed E-state index contributed by atoms with van der Waals surface area (Å²) in [5.74, 6) is -0.556. The van der Waals surface area contributed by atoms with Crippen molar-refractivity contribution in [1.29, 1.82) is 0 Å². The van der Waals surface area contributed by atoms with E-state index in [1.807, 2.05) is 11.5 Å². The highest BCUT2D eigenvalue weighted by Gasteiger charge is 2.37. The van der Waals surface area contributed by atoms with Crippen LogP contribution in [0.1, 0.15) is 47.0 Å². The van der Waals surface area contributed by atoms with Gasteiger partial charge in [0.2, 0.25) is 0 Å². The second-order valence-electron chi connectivity index (χ2n) is 7.10. The average Bonchev–Trinajstić information content (AvgIpc) is 3.21. The smallest absolute Gasteiger partial charge is 0.185 e. The van der Waals surface area contributed by atoms with Crippen LogP contribution < -0.4 is 5.73 Å². The minimum Gasteiger partial charge on any atom is -0.370 e. The van der Waals surface area contributed by atoms with E-state index in [4.69, 9.17) is 10.5 Å². The largest absolute Gasteiger partial charge is 0.370 e. The molecular formula is C19H22F2N4O2. The van der Waals surface area contributed by atoms with E-state index in [1.165, 1.54) is 0 Å². The van der Waals surface area contributed by atoms with Crippen LogP contribution in [0.4, 0.5) is 8.78 Å². The number of aldehydes is 1. The molecule has 2 aromatic rings. The van der Waals surface area contributed by atoms with Gasteiger partial charge < -0.3 is 15.0 Å². The molecule has 0 radical (unpaired) electrons. The molecule has 0 saturated carbocycles. The van der Waals surface area contributed by atoms with Gasteiger partial charge in [0.05, 0.1) is 18.0 Å². The van der Waals surface area contributed by atoms with Crippen LogP contribution in [0.15, 0.2) is 18.2 Å². The number of benzene rings is 1. The van der Waals surface area contributed by atoms with Crippen molar-refractivity contribution in [3.8, 4) is 0 Å². The summed E-state index contributed by atoms with van der Waals surface area (Å²) in [5.41, 5.74) is 8.38. The monoisotopic (exact) mass is 376 g/mol. The van der Waals surface area contributed by atoms with Crippen LogP contribution in [0.2, 0.25) is 0 Å². The number of carbonyl (C=O) groups excluding carboxylic acids is 1. The molecule has 2 aliphatic rings. The first-order chi connectivity index (χ1) is 13.0. The fourth-order valence-corrected chi connectivity index (χ4v) is 4.15. The van der Waals surface area contributed by atoms with E-state index in [2.05, 4.69) is 9.88 Å². The third-order valence-electron chi connectivity index (χ3n) is 5.49. The summed E-state index contributed by atoms with van der Waals surface area (Å²) in [6, 6.07) is 2.96. The van der Waals surface area contributed by atoms with E-state index in [1.54, 1.807) is 0 Å². The Morgan fingerprint density at radius 2 is 2.19 bits per heavy atom. The zero-order valence-corrected chi connectivity index (χ0v) is 15.1. The number of nitrogens with two attached hydrogens (primary N) is 1. The Kier molecular flexibility index (Phi) is 4.79. The van der Waals surface area contributed by atoms with Crippen LogP contribution in [0.5, 0.6) is 0 Å². The Labute approximate surface area is 155 Å². The topological polar surface area (TPSA) is 73.4 Å². The molecule has 1 aromatic heterocycles. The Morgan fingerprint density at radius 1 is 1.37 bits per heavy atom. The van der Waals surface area contributed by atoms with E-state index in [0.29, 0.717) is 38.5 Å². The van der Waals surface area contributed by atoms with Gasteiger partial charge in [0.25, 0.3) is 0 Å². The Hall–Kier alpha value is -2.16. The Bertz CT molecular complexity index is 870. The van der Waals surface area contributed by atoms with Crippen molar-refractivity contribution in [1.82, 2.24) is 14.5 Å². The van der Waals surface area contributed by atoms with Gasteiger partial charge >= 0.3 is 0 Å². The molecule has 0 aliphatic carbocycles. The number of ether oxygens (including phenoxy) is 1. The lowest BCUT2D eigenvalue weighted by Gasteiger charge is -2.38. The van der Waals surface area contributed by atoms with Crippen LogP contribution in [0, 0.1) is 11.6 Å². The minimum absolute atomic E-state index is 0.0621. The van der Waals surface area contributed by atoms with Crippen molar-refractivity contribution < 1.29 is 18.3 Å². The summed E-state index contributed by atoms with van der Waals surface area (Å²) in [5, 5.41) is 0. The molecular weight excluding hydrogens is 354 g/mol. The van der Waals surface area contributed by atoms with Crippen molar-refractivity contribution in [2.75, 3.05) is 6.61 Å². The molecule has 2 aliphatic heterocycles. The molecule has 0 bridgehead atoms. The van der Waals surface area contributed by atoms with Gasteiger partial charge in [0.15, 0.2) is 12.1 Å². The third-order valence-corrected chi connectivity index (χ3v) is 5.49. The van der Waals surface area contributed by atoms with Gasteiger partial charge in [-0.15, -0.1) is 0 Å². The molecule has 1 aromatic carbocycles. The number of carbonyl (C=O) groups is 1. The number of nitrogens with zero attached hydrogens (tertiary/aromatic N) is 3. The second kappa shape index (κ2) is 7.10. The van der Waals surface area contributed by atoms with Gasteiger partial charge in [-0.05, 0) is 31.5 Å². The Morgan fingerprint density at radius 3 is 2.89 bits per heavy atom. The second-order valence-corrected chi connectivity index (χ2v) is 7.10. The summed E-state index contributed by atoms with van der Waals surface area (Å²) in [7, 11) is 0. The van der Waals surface area contributed by atoms with Gasteiger partial charge in [-0.25, -0.2) is 13.8 Å². The molecule has 1 fully saturated rings. The maximum absolute atomic E-state index is 14.1. The van der Waals surface area contributed by atoms with Gasteiger partial charge in [0, 0.05) is 37.3 Å². The molecule has 0 amide bonds. The first kappa shape index (κ1) is 18.2. The lowest BCUT2D eigenvalue weighted by molar-refractivity contribution is -0.0535. The van der Waals surface area contributed by atoms with Crippen LogP contribution in [-0.4, -0.2) is 39.4 Å². The minimum atomic E-state index is -0.661. The summed E-state index contributed by atoms with van der Waals surface area (Å²) >= 11 is 0. The highest BCUT2D eigenvalue weighted by Crippen LogP contribution is 2.34. The highest BCUT2D eigenvalue weighted by atomic mass is 19.1. The molecule has 3 atom stereocenters. The summed E-state index contributed by atoms with van der Waals surface area (Å²) in [6.07, 6.45) is 0.729. The third kappa shape index (κ3) is 3.18. The van der Waals surface area contributed by atoms with E-state index in [9.17, 15) is 13.6 Å². The summed E-state index contributed by atoms with van der Waals surface area (Å²) in [4.78, 5) is 17.8. The number of hydrogen-bond donors (Lipinski definition) is 1. The zero-order valence-electron chi connectivity index (χ0n) is 15.1. The van der Waals surface area contributed by atoms with E-state index in [0.717, 1.165) is 35.9 Å². The first-order valence-corrected chi connectivity index (χ1v) is 9.11. The quantitative estimate of drug-likeness (QED) is 0.828. The van der Waals surface area contributed by atoms with E-state index < -0.39 is 23.8 Å². The molecule has 0 spiro atoms. The lowest BCUT2D eigenvalue weighted by atomic mass is 9.93. The molecule has 2 N–H and O–H groups in total. The number of imidazole rings is 1. The van der Waals surface area contributed by atoms with Crippen LogP contribution >= 0.6 is 0 Å². The zero-order chi connectivity index (χ0) is 19.1. The average molecular weight is 376 g/mol. The standard InChI is InChI=1S/C19H22F2N4O2/c1-2-25-17-8-24(7-16(17)23-18(25)9-26)12-6-15(22)19(27-10-12)13-5-11(20)3-4-14(13)21/h3-5,9,12,15,19H,2,6-8,10,22H2,1H3/t12?,15-,19+/m0/s1. The predicted molar refractivity (Wildman–Crippen MR) is 94.0 cm³/mol. The van der Waals surface area contributed by atoms with Gasteiger partial charge in [-0.2, -0.15) is 0 Å². The van der Waals surface area contributed by atoms with Crippen molar-refractivity contribution in [3.05, 3.63) is 52.6 Å². The summed E-state index contributed by atoms with van der Waals surface area (Å²) in [6.45, 7) is 4.35. The number of fused-ring (bicyclic) bond motifs is 1. The number of halogens is 2. The maximum atomic E-state index is 14.1. The van der Waals surface area contributed by atoms with Crippen molar-refractivity contribution in [2.24, 2.45) is 5.73 Å². The van der Waals surface area contributed by atoms with Crippen LogP contribution in [0.25, 0.3) is 0 Å². The molecule has 1 saturated heterocycles. The molecule has 27 heavy (non-hydrogen) atoms. The molecule has 8 heteroatoms. The molecule has 1 unspecified atom stereocenters. The van der Waals surface area contributed by atoms with E-state index in [-0.39, 0.29) is 11.6 Å². The van der Waals surface area contributed by atoms with Gasteiger partial charge in [0.1, 0.15) is 17.7 Å². The first-order valence-electron chi connectivity index (χ1n) is 9.11. The Balaban J connectivity index is 1.47. The number of hydrogen-bond acceptors (Lipinski definition) is 5. The van der Waals surface area contributed by atoms with Crippen LogP contribution in [0.3, 0.4) is 0 Å². The number of aromatic nitrogens is 2. The predicted octanol–water partition coefficient (Wildman–Crippen LogP) is 2.17. The maximum Gasteiger partial charge on any atom is 0.185 e. The fourth-order valence-electron chi connectivity index (χ4n) is 4.15. The van der Waals surface area contributed by atoms with Gasteiger partial charge in [-0.3, -0.25) is 9.69 Å². The van der Waals surface area contributed by atoms with Crippen molar-refractivity contribution >= 4 is 6.29 Å². The van der Waals surface area contributed by atoms with Crippen molar-refractivity contribution in [2.45, 2.75) is 51.2 Å². The fraction of sp³-hybridized carbons (Fsp3) is 0.474. The molecule has 4 rings (SSSR count). The molecule has 3 heterocycles. The van der Waals surface area contributed by atoms with E-state index >= 15 is 0 Å². The SMILES string of the molecule is CCn1c(C=O)nc2c1CN(C1CO[C@H](c3cc(F)ccc3F)[C@@H](N)C1)C2. The highest BCUT2D eigenvalue weighted by molar-refractivity contribution is 5.70. The lowest BCUT2D eigenvalue weighted by Crippen LogP contribution is -2.47. The normalized spacial score (nSPS) is 25.6. The number of rotatable bonds is 4. The van der Waals surface area contributed by atoms with Crippen molar-refractivity contribution in [3.63, 3.8) is 0 Å².